The van der Waals surface area contributed by atoms with Crippen LogP contribution in [0.25, 0.3) is 0 Å². The summed E-state index contributed by atoms with van der Waals surface area (Å²) >= 11 is 0. The van der Waals surface area contributed by atoms with Crippen LogP contribution in [0.4, 0.5) is 0 Å². The number of hydrogen-bond acceptors (Lipinski definition) is 4. The Bertz CT molecular complexity index is 593. The molecule has 0 spiro atoms. The normalized spacial score (nSPS) is 19.2. The minimum atomic E-state index is 0.162. The summed E-state index contributed by atoms with van der Waals surface area (Å²) in [5.41, 5.74) is 2.78. The van der Waals surface area contributed by atoms with Crippen molar-refractivity contribution < 1.29 is 4.42 Å². The first kappa shape index (κ1) is 14.3. The van der Waals surface area contributed by atoms with Gasteiger partial charge in [0.15, 0.2) is 0 Å². The van der Waals surface area contributed by atoms with E-state index in [2.05, 4.69) is 53.6 Å². The number of hydrogen-bond donors (Lipinski definition) is 1. The average molecular weight is 285 g/mol. The van der Waals surface area contributed by atoms with Gasteiger partial charge < -0.3 is 9.73 Å². The summed E-state index contributed by atoms with van der Waals surface area (Å²) in [5, 5.41) is 12.0. The molecular formula is C17H23N3O. The number of rotatable bonds is 5. The lowest BCUT2D eigenvalue weighted by molar-refractivity contribution is 0.361. The molecule has 4 heteroatoms. The second-order valence-corrected chi connectivity index (χ2v) is 5.64. The Morgan fingerprint density at radius 2 is 2.14 bits per heavy atom. The van der Waals surface area contributed by atoms with E-state index in [1.54, 1.807) is 0 Å². The Morgan fingerprint density at radius 1 is 1.29 bits per heavy atom. The summed E-state index contributed by atoms with van der Waals surface area (Å²) in [6.45, 7) is 5.13. The fourth-order valence-electron chi connectivity index (χ4n) is 3.19. The van der Waals surface area contributed by atoms with E-state index in [-0.39, 0.29) is 12.0 Å². The molecule has 0 bridgehead atoms. The van der Waals surface area contributed by atoms with Crippen molar-refractivity contribution >= 4 is 0 Å². The van der Waals surface area contributed by atoms with Crippen LogP contribution >= 0.6 is 0 Å². The van der Waals surface area contributed by atoms with Crippen LogP contribution in [-0.2, 0) is 6.42 Å². The van der Waals surface area contributed by atoms with Crippen LogP contribution in [0.2, 0.25) is 0 Å². The van der Waals surface area contributed by atoms with E-state index in [4.69, 9.17) is 4.42 Å². The Balaban J connectivity index is 1.87. The molecule has 4 nitrogen and oxygen atoms in total. The number of nitrogens with zero attached hydrogens (tertiary/aromatic N) is 2. The first-order valence-electron chi connectivity index (χ1n) is 7.98. The predicted octanol–water partition coefficient (Wildman–Crippen LogP) is 3.60. The lowest BCUT2D eigenvalue weighted by Gasteiger charge is -2.22. The molecular weight excluding hydrogens is 262 g/mol. The summed E-state index contributed by atoms with van der Waals surface area (Å²) in [4.78, 5) is 0. The Hall–Kier alpha value is -1.68. The Kier molecular flexibility index (Phi) is 4.34. The fraction of sp³-hybridized carbons (Fsp3) is 0.529. The maximum absolute atomic E-state index is 6.00. The lowest BCUT2D eigenvalue weighted by Crippen LogP contribution is -2.20. The van der Waals surface area contributed by atoms with Gasteiger partial charge in [-0.25, -0.2) is 0 Å². The van der Waals surface area contributed by atoms with E-state index in [0.29, 0.717) is 0 Å². The summed E-state index contributed by atoms with van der Waals surface area (Å²) in [7, 11) is 0. The van der Waals surface area contributed by atoms with Crippen LogP contribution in [-0.4, -0.2) is 16.7 Å². The zero-order valence-corrected chi connectivity index (χ0v) is 12.8. The van der Waals surface area contributed by atoms with E-state index in [9.17, 15) is 0 Å². The Morgan fingerprint density at radius 3 is 2.95 bits per heavy atom. The van der Waals surface area contributed by atoms with Crippen molar-refractivity contribution in [2.75, 3.05) is 6.54 Å². The van der Waals surface area contributed by atoms with Crippen LogP contribution < -0.4 is 5.32 Å². The van der Waals surface area contributed by atoms with Gasteiger partial charge in [0.05, 0.1) is 12.0 Å². The van der Waals surface area contributed by atoms with Crippen molar-refractivity contribution in [2.24, 2.45) is 0 Å². The van der Waals surface area contributed by atoms with Crippen LogP contribution in [0.15, 0.2) is 28.7 Å². The molecule has 3 rings (SSSR count). The molecule has 1 N–H and O–H groups in total. The number of nitrogens with one attached hydrogen (secondary N) is 1. The molecule has 1 heterocycles. The first-order valence-corrected chi connectivity index (χ1v) is 7.98. The topological polar surface area (TPSA) is 51.0 Å². The molecule has 1 aromatic heterocycles. The largest absolute Gasteiger partial charge is 0.423 e. The maximum Gasteiger partial charge on any atom is 0.233 e. The third kappa shape index (κ3) is 2.86. The molecule has 0 saturated heterocycles. The summed E-state index contributed by atoms with van der Waals surface area (Å²) < 4.78 is 6.00. The van der Waals surface area contributed by atoms with Gasteiger partial charge in [-0.2, -0.15) is 0 Å². The SMILES string of the molecule is CCNC(CC)c1nnc(C2CCCc3ccccc32)o1. The van der Waals surface area contributed by atoms with Crippen molar-refractivity contribution in [3.8, 4) is 0 Å². The monoisotopic (exact) mass is 285 g/mol. The third-order valence-electron chi connectivity index (χ3n) is 4.28. The van der Waals surface area contributed by atoms with Crippen LogP contribution in [0.3, 0.4) is 0 Å². The van der Waals surface area contributed by atoms with E-state index >= 15 is 0 Å². The second kappa shape index (κ2) is 6.39. The van der Waals surface area contributed by atoms with Gasteiger partial charge in [0, 0.05) is 0 Å². The minimum Gasteiger partial charge on any atom is -0.423 e. The van der Waals surface area contributed by atoms with Gasteiger partial charge in [0.1, 0.15) is 0 Å². The molecule has 2 atom stereocenters. The molecule has 0 saturated carbocycles. The van der Waals surface area contributed by atoms with E-state index in [1.165, 1.54) is 17.5 Å². The molecule has 21 heavy (non-hydrogen) atoms. The molecule has 1 aliphatic rings. The molecule has 2 aromatic rings. The number of aromatic nitrogens is 2. The van der Waals surface area contributed by atoms with Gasteiger partial charge in [0.2, 0.25) is 11.8 Å². The summed E-state index contributed by atoms with van der Waals surface area (Å²) in [6.07, 6.45) is 4.39. The molecule has 2 unspecified atom stereocenters. The smallest absolute Gasteiger partial charge is 0.233 e. The average Bonchev–Trinajstić information content (AvgIpc) is 3.01. The summed E-state index contributed by atoms with van der Waals surface area (Å²) in [6, 6.07) is 8.78. The van der Waals surface area contributed by atoms with Crippen molar-refractivity contribution in [1.29, 1.82) is 0 Å². The highest BCUT2D eigenvalue weighted by molar-refractivity contribution is 5.35. The van der Waals surface area contributed by atoms with Crippen LogP contribution in [0.5, 0.6) is 0 Å². The first-order chi connectivity index (χ1) is 10.3. The quantitative estimate of drug-likeness (QED) is 0.912. The van der Waals surface area contributed by atoms with Crippen molar-refractivity contribution in [2.45, 2.75) is 51.5 Å². The lowest BCUT2D eigenvalue weighted by atomic mass is 9.83. The van der Waals surface area contributed by atoms with Gasteiger partial charge in [-0.05, 0) is 43.4 Å². The van der Waals surface area contributed by atoms with Gasteiger partial charge in [0.25, 0.3) is 0 Å². The number of aryl methyl sites for hydroxylation is 1. The zero-order chi connectivity index (χ0) is 14.7. The van der Waals surface area contributed by atoms with Crippen molar-refractivity contribution in [3.63, 3.8) is 0 Å². The van der Waals surface area contributed by atoms with Crippen molar-refractivity contribution in [3.05, 3.63) is 47.2 Å². The van der Waals surface area contributed by atoms with Gasteiger partial charge in [-0.3, -0.25) is 0 Å². The fourth-order valence-corrected chi connectivity index (χ4v) is 3.19. The van der Waals surface area contributed by atoms with E-state index in [0.717, 1.165) is 37.6 Å². The number of fused-ring (bicyclic) bond motifs is 1. The van der Waals surface area contributed by atoms with Crippen LogP contribution in [0, 0.1) is 0 Å². The van der Waals surface area contributed by atoms with Gasteiger partial charge in [-0.1, -0.05) is 38.1 Å². The molecule has 0 aliphatic heterocycles. The molecule has 112 valence electrons. The predicted molar refractivity (Wildman–Crippen MR) is 82.2 cm³/mol. The zero-order valence-electron chi connectivity index (χ0n) is 12.8. The standard InChI is InChI=1S/C17H23N3O/c1-3-15(18-4-2)17-20-19-16(21-17)14-11-7-9-12-8-5-6-10-13(12)14/h5-6,8,10,14-15,18H,3-4,7,9,11H2,1-2H3. The molecule has 0 radical (unpaired) electrons. The highest BCUT2D eigenvalue weighted by Crippen LogP contribution is 2.36. The minimum absolute atomic E-state index is 0.162. The maximum atomic E-state index is 6.00. The molecule has 1 aromatic carbocycles. The van der Waals surface area contributed by atoms with E-state index < -0.39 is 0 Å². The van der Waals surface area contributed by atoms with E-state index in [1.807, 2.05) is 0 Å². The third-order valence-corrected chi connectivity index (χ3v) is 4.28. The summed E-state index contributed by atoms with van der Waals surface area (Å²) in [5.74, 6) is 1.75. The molecule has 0 amide bonds. The molecule has 1 aliphatic carbocycles. The number of benzene rings is 1. The highest BCUT2D eigenvalue weighted by atomic mass is 16.4. The van der Waals surface area contributed by atoms with Gasteiger partial charge >= 0.3 is 0 Å². The van der Waals surface area contributed by atoms with Crippen LogP contribution in [0.1, 0.15) is 68.0 Å². The molecule has 0 fully saturated rings. The highest BCUT2D eigenvalue weighted by Gasteiger charge is 2.27. The van der Waals surface area contributed by atoms with Crippen molar-refractivity contribution in [1.82, 2.24) is 15.5 Å². The second-order valence-electron chi connectivity index (χ2n) is 5.64. The Labute approximate surface area is 126 Å². The van der Waals surface area contributed by atoms with Gasteiger partial charge in [-0.15, -0.1) is 10.2 Å².